The fourth-order valence-corrected chi connectivity index (χ4v) is 2.97. The maximum Gasteiger partial charge on any atom is 0.225 e. The third kappa shape index (κ3) is 3.36. The largest absolute Gasteiger partial charge is 0.355 e. The van der Waals surface area contributed by atoms with E-state index in [0.717, 1.165) is 11.3 Å². The van der Waals surface area contributed by atoms with Crippen LogP contribution in [-0.2, 0) is 16.0 Å². The molecule has 0 unspecified atom stereocenters. The summed E-state index contributed by atoms with van der Waals surface area (Å²) in [5.74, 6) is -0.197. The SMILES string of the molecule is CC(C)N1C[C@@H](C(=O)NCCc2cn3ccccc3n2)CC1=O. The van der Waals surface area contributed by atoms with Crippen LogP contribution in [0.3, 0.4) is 0 Å². The summed E-state index contributed by atoms with van der Waals surface area (Å²) in [6.45, 7) is 5.01. The fourth-order valence-electron chi connectivity index (χ4n) is 2.97. The molecule has 0 radical (unpaired) electrons. The van der Waals surface area contributed by atoms with Crippen molar-refractivity contribution in [2.45, 2.75) is 32.7 Å². The molecule has 1 N–H and O–H groups in total. The first kappa shape index (κ1) is 15.5. The number of pyridine rings is 1. The summed E-state index contributed by atoms with van der Waals surface area (Å²) in [6, 6.07) is 6.01. The molecule has 0 saturated carbocycles. The molecule has 0 spiro atoms. The zero-order valence-electron chi connectivity index (χ0n) is 13.5. The molecule has 1 aliphatic rings. The summed E-state index contributed by atoms with van der Waals surface area (Å²) in [6.07, 6.45) is 4.93. The van der Waals surface area contributed by atoms with E-state index in [2.05, 4.69) is 10.3 Å². The molecule has 6 heteroatoms. The first-order valence-corrected chi connectivity index (χ1v) is 8.04. The molecule has 2 amide bonds. The first-order valence-electron chi connectivity index (χ1n) is 8.04. The Kier molecular flexibility index (Phi) is 4.32. The number of nitrogens with one attached hydrogen (secondary N) is 1. The van der Waals surface area contributed by atoms with Gasteiger partial charge in [-0.2, -0.15) is 0 Å². The van der Waals surface area contributed by atoms with Crippen molar-refractivity contribution in [3.8, 4) is 0 Å². The summed E-state index contributed by atoms with van der Waals surface area (Å²) < 4.78 is 1.97. The van der Waals surface area contributed by atoms with Crippen molar-refractivity contribution in [3.63, 3.8) is 0 Å². The van der Waals surface area contributed by atoms with Crippen molar-refractivity contribution in [1.82, 2.24) is 19.6 Å². The van der Waals surface area contributed by atoms with Crippen molar-refractivity contribution in [3.05, 3.63) is 36.3 Å². The Hall–Kier alpha value is -2.37. The van der Waals surface area contributed by atoms with Gasteiger partial charge in [0, 0.05) is 44.4 Å². The lowest BCUT2D eigenvalue weighted by Crippen LogP contribution is -2.36. The van der Waals surface area contributed by atoms with Gasteiger partial charge in [-0.25, -0.2) is 4.98 Å². The normalized spacial score (nSPS) is 18.1. The van der Waals surface area contributed by atoms with E-state index in [-0.39, 0.29) is 23.8 Å². The first-order chi connectivity index (χ1) is 11.0. The van der Waals surface area contributed by atoms with Crippen LogP contribution in [0.15, 0.2) is 30.6 Å². The van der Waals surface area contributed by atoms with Gasteiger partial charge in [0.2, 0.25) is 11.8 Å². The second-order valence-corrected chi connectivity index (χ2v) is 6.28. The number of fused-ring (bicyclic) bond motifs is 1. The Morgan fingerprint density at radius 3 is 2.96 bits per heavy atom. The van der Waals surface area contributed by atoms with E-state index >= 15 is 0 Å². The van der Waals surface area contributed by atoms with Crippen LogP contribution in [0.25, 0.3) is 5.65 Å². The molecule has 3 rings (SSSR count). The van der Waals surface area contributed by atoms with Crippen molar-refractivity contribution < 1.29 is 9.59 Å². The molecule has 2 aromatic heterocycles. The second-order valence-electron chi connectivity index (χ2n) is 6.28. The quantitative estimate of drug-likeness (QED) is 0.903. The third-order valence-electron chi connectivity index (χ3n) is 4.25. The maximum absolute atomic E-state index is 12.2. The zero-order chi connectivity index (χ0) is 16.4. The van der Waals surface area contributed by atoms with Crippen LogP contribution in [0.4, 0.5) is 0 Å². The van der Waals surface area contributed by atoms with Gasteiger partial charge in [0.1, 0.15) is 5.65 Å². The van der Waals surface area contributed by atoms with E-state index in [1.165, 1.54) is 0 Å². The van der Waals surface area contributed by atoms with Gasteiger partial charge in [-0.1, -0.05) is 6.07 Å². The Balaban J connectivity index is 1.50. The molecule has 0 aromatic carbocycles. The van der Waals surface area contributed by atoms with E-state index in [1.54, 1.807) is 4.90 Å². The zero-order valence-corrected chi connectivity index (χ0v) is 13.5. The number of imidazole rings is 1. The van der Waals surface area contributed by atoms with Crippen LogP contribution in [0.1, 0.15) is 26.0 Å². The fraction of sp³-hybridized carbons (Fsp3) is 0.471. The van der Waals surface area contributed by atoms with Gasteiger partial charge >= 0.3 is 0 Å². The molecule has 23 heavy (non-hydrogen) atoms. The number of hydrogen-bond donors (Lipinski definition) is 1. The lowest BCUT2D eigenvalue weighted by Gasteiger charge is -2.20. The summed E-state index contributed by atoms with van der Waals surface area (Å²) in [7, 11) is 0. The Morgan fingerprint density at radius 2 is 2.26 bits per heavy atom. The Bertz CT molecular complexity index is 689. The predicted octanol–water partition coefficient (Wildman–Crippen LogP) is 1.25. The van der Waals surface area contributed by atoms with Crippen LogP contribution >= 0.6 is 0 Å². The molecule has 1 atom stereocenters. The van der Waals surface area contributed by atoms with E-state index in [4.69, 9.17) is 0 Å². The Labute approximate surface area is 135 Å². The number of hydrogen-bond acceptors (Lipinski definition) is 3. The van der Waals surface area contributed by atoms with Gasteiger partial charge in [0.25, 0.3) is 0 Å². The van der Waals surface area contributed by atoms with E-state index in [1.807, 2.05) is 48.8 Å². The molecule has 6 nitrogen and oxygen atoms in total. The smallest absolute Gasteiger partial charge is 0.225 e. The molecule has 1 saturated heterocycles. The number of carbonyl (C=O) groups excluding carboxylic acids is 2. The van der Waals surface area contributed by atoms with Crippen LogP contribution in [0.2, 0.25) is 0 Å². The van der Waals surface area contributed by atoms with Gasteiger partial charge in [0.15, 0.2) is 0 Å². The highest BCUT2D eigenvalue weighted by Gasteiger charge is 2.35. The van der Waals surface area contributed by atoms with Crippen LogP contribution < -0.4 is 5.32 Å². The molecule has 2 aromatic rings. The average Bonchev–Trinajstić information content (AvgIpc) is 3.10. The molecule has 0 bridgehead atoms. The minimum absolute atomic E-state index is 0.0368. The molecular weight excluding hydrogens is 292 g/mol. The van der Waals surface area contributed by atoms with Crippen molar-refractivity contribution >= 4 is 17.5 Å². The minimum atomic E-state index is -0.231. The number of carbonyl (C=O) groups is 2. The van der Waals surface area contributed by atoms with E-state index < -0.39 is 0 Å². The molecule has 1 aliphatic heterocycles. The topological polar surface area (TPSA) is 66.7 Å². The van der Waals surface area contributed by atoms with E-state index in [0.29, 0.717) is 25.9 Å². The number of likely N-dealkylation sites (tertiary alicyclic amines) is 1. The monoisotopic (exact) mass is 314 g/mol. The molecular formula is C17H22N4O2. The molecule has 3 heterocycles. The highest BCUT2D eigenvalue weighted by molar-refractivity contribution is 5.89. The number of nitrogens with zero attached hydrogens (tertiary/aromatic N) is 3. The number of amides is 2. The lowest BCUT2D eigenvalue weighted by molar-refractivity contribution is -0.129. The van der Waals surface area contributed by atoms with Crippen LogP contribution in [0.5, 0.6) is 0 Å². The summed E-state index contributed by atoms with van der Waals surface area (Å²) in [5, 5.41) is 2.93. The standard InChI is InChI=1S/C17H22N4O2/c1-12(2)21-10-13(9-16(21)22)17(23)18-7-6-14-11-20-8-4-3-5-15(20)19-14/h3-5,8,11-13H,6-7,9-10H2,1-2H3,(H,18,23)/t13-/m0/s1. The van der Waals surface area contributed by atoms with Gasteiger partial charge in [-0.3, -0.25) is 9.59 Å². The molecule has 122 valence electrons. The van der Waals surface area contributed by atoms with Gasteiger partial charge in [0.05, 0.1) is 11.6 Å². The number of aromatic nitrogens is 2. The van der Waals surface area contributed by atoms with Crippen molar-refractivity contribution in [2.75, 3.05) is 13.1 Å². The minimum Gasteiger partial charge on any atom is -0.355 e. The maximum atomic E-state index is 12.2. The number of rotatable bonds is 5. The summed E-state index contributed by atoms with van der Waals surface area (Å²) in [4.78, 5) is 30.3. The van der Waals surface area contributed by atoms with Crippen LogP contribution in [0, 0.1) is 5.92 Å². The summed E-state index contributed by atoms with van der Waals surface area (Å²) in [5.41, 5.74) is 1.85. The highest BCUT2D eigenvalue weighted by Crippen LogP contribution is 2.20. The van der Waals surface area contributed by atoms with E-state index in [9.17, 15) is 9.59 Å². The average molecular weight is 314 g/mol. The van der Waals surface area contributed by atoms with Gasteiger partial charge in [-0.15, -0.1) is 0 Å². The lowest BCUT2D eigenvalue weighted by atomic mass is 10.1. The van der Waals surface area contributed by atoms with Gasteiger partial charge < -0.3 is 14.6 Å². The molecule has 1 fully saturated rings. The predicted molar refractivity (Wildman–Crippen MR) is 86.9 cm³/mol. The third-order valence-corrected chi connectivity index (χ3v) is 4.25. The molecule has 0 aliphatic carbocycles. The van der Waals surface area contributed by atoms with Crippen LogP contribution in [-0.4, -0.2) is 45.2 Å². The second kappa shape index (κ2) is 6.40. The van der Waals surface area contributed by atoms with Crippen molar-refractivity contribution in [1.29, 1.82) is 0 Å². The summed E-state index contributed by atoms with van der Waals surface area (Å²) >= 11 is 0. The van der Waals surface area contributed by atoms with Crippen molar-refractivity contribution in [2.24, 2.45) is 5.92 Å². The van der Waals surface area contributed by atoms with Gasteiger partial charge in [-0.05, 0) is 26.0 Å². The Morgan fingerprint density at radius 1 is 1.43 bits per heavy atom. The highest BCUT2D eigenvalue weighted by atomic mass is 16.2.